The molecule has 2 heteroatoms. The number of hydrogen-bond acceptors (Lipinski definition) is 0. The Labute approximate surface area is 182 Å². The molecule has 1 aliphatic rings. The highest BCUT2D eigenvalue weighted by Gasteiger charge is 2.42. The molecule has 0 aliphatic heterocycles. The molecule has 0 amide bonds. The van der Waals surface area contributed by atoms with E-state index >= 15 is 0 Å². The Bertz CT molecular complexity index is 1320. The Kier molecular flexibility index (Phi) is 4.39. The van der Waals surface area contributed by atoms with Crippen LogP contribution in [0.5, 0.6) is 0 Å². The van der Waals surface area contributed by atoms with Crippen LogP contribution in [0.4, 0.5) is 0 Å². The Hall–Kier alpha value is -2.17. The van der Waals surface area contributed by atoms with Gasteiger partial charge in [-0.1, -0.05) is 81.8 Å². The molecule has 4 aromatic rings. The fourth-order valence-corrected chi connectivity index (χ4v) is 12.7. The summed E-state index contributed by atoms with van der Waals surface area (Å²) in [4.78, 5) is 0. The summed E-state index contributed by atoms with van der Waals surface area (Å²) in [7, 11) is -2.67. The third-order valence-corrected chi connectivity index (χ3v) is 12.4. The van der Waals surface area contributed by atoms with Gasteiger partial charge in [0, 0.05) is 0 Å². The van der Waals surface area contributed by atoms with Crippen LogP contribution >= 0.6 is 0 Å². The van der Waals surface area contributed by atoms with E-state index in [-0.39, 0.29) is 0 Å². The maximum Gasteiger partial charge on any atom is 0.0525 e. The van der Waals surface area contributed by atoms with Gasteiger partial charge in [-0.2, -0.15) is 0 Å². The van der Waals surface area contributed by atoms with E-state index < -0.39 is 16.1 Å². The van der Waals surface area contributed by atoms with Crippen molar-refractivity contribution in [3.8, 4) is 0 Å². The second-order valence-corrected chi connectivity index (χ2v) is 22.1. The highest BCUT2D eigenvalue weighted by Crippen LogP contribution is 2.49. The van der Waals surface area contributed by atoms with Gasteiger partial charge in [0.25, 0.3) is 0 Å². The van der Waals surface area contributed by atoms with E-state index in [0.29, 0.717) is 5.54 Å². The quantitative estimate of drug-likeness (QED) is 0.223. The van der Waals surface area contributed by atoms with E-state index in [1.165, 1.54) is 37.9 Å². The van der Waals surface area contributed by atoms with Crippen LogP contribution in [0.25, 0.3) is 38.4 Å². The van der Waals surface area contributed by atoms with E-state index in [1.54, 1.807) is 5.56 Å². The first kappa shape index (κ1) is 19.8. The maximum absolute atomic E-state index is 2.57. The summed E-state index contributed by atoms with van der Waals surface area (Å²) in [6, 6.07) is 23.2. The molecule has 152 valence electrons. The van der Waals surface area contributed by atoms with E-state index in [4.69, 9.17) is 0 Å². The molecule has 0 spiro atoms. The predicted octanol–water partition coefficient (Wildman–Crippen LogP) is 8.84. The second kappa shape index (κ2) is 6.67. The molecule has 2 unspecified atom stereocenters. The Morgan fingerprint density at radius 1 is 0.567 bits per heavy atom. The molecule has 0 radical (unpaired) electrons. The molecule has 5 rings (SSSR count). The van der Waals surface area contributed by atoms with Gasteiger partial charge in [0.15, 0.2) is 0 Å². The summed E-state index contributed by atoms with van der Waals surface area (Å²) in [6.45, 7) is 15.3. The molecule has 0 aromatic heterocycles. The van der Waals surface area contributed by atoms with E-state index in [0.717, 1.165) is 5.54 Å². The monoisotopic (exact) mass is 424 g/mol. The van der Waals surface area contributed by atoms with Crippen molar-refractivity contribution in [1.82, 2.24) is 0 Å². The van der Waals surface area contributed by atoms with Crippen molar-refractivity contribution in [3.05, 3.63) is 77.9 Å². The standard InChI is InChI=1S/C28H32Si2/c1-29(2,3)27-12-11-21-15-24-16-22-13-19-9-7-8-10-20(19)14-23(22)17-25(24)18-26(21)28(27)30(4,5)6/h7-18,27-28H,1-6H3. The Morgan fingerprint density at radius 2 is 1.07 bits per heavy atom. The fourth-order valence-electron chi connectivity index (χ4n) is 5.50. The first-order valence-corrected chi connectivity index (χ1v) is 18.4. The van der Waals surface area contributed by atoms with Gasteiger partial charge in [-0.25, -0.2) is 0 Å². The summed E-state index contributed by atoms with van der Waals surface area (Å²) in [5.74, 6) is 0. The van der Waals surface area contributed by atoms with Crippen molar-refractivity contribution in [2.75, 3.05) is 0 Å². The normalized spacial score (nSPS) is 19.5. The molecule has 0 N–H and O–H groups in total. The third-order valence-electron chi connectivity index (χ3n) is 6.97. The molecule has 1 aliphatic carbocycles. The van der Waals surface area contributed by atoms with Gasteiger partial charge in [0.1, 0.15) is 0 Å². The van der Waals surface area contributed by atoms with Gasteiger partial charge in [0.05, 0.1) is 16.1 Å². The van der Waals surface area contributed by atoms with Gasteiger partial charge in [-0.15, -0.1) is 0 Å². The Morgan fingerprint density at radius 3 is 1.60 bits per heavy atom. The molecule has 0 saturated carbocycles. The fraction of sp³-hybridized carbons (Fsp3) is 0.286. The highest BCUT2D eigenvalue weighted by molar-refractivity contribution is 6.84. The first-order chi connectivity index (χ1) is 14.1. The van der Waals surface area contributed by atoms with Gasteiger partial charge in [-0.05, 0) is 84.9 Å². The highest BCUT2D eigenvalue weighted by atomic mass is 28.3. The number of hydrogen-bond donors (Lipinski definition) is 0. The molecule has 0 saturated heterocycles. The molecule has 0 nitrogen and oxygen atoms in total. The summed E-state index contributed by atoms with van der Waals surface area (Å²) in [5, 5.41) is 8.08. The summed E-state index contributed by atoms with van der Waals surface area (Å²) in [6.07, 6.45) is 5.00. The SMILES string of the molecule is C[Si](C)(C)C1C=Cc2cc3cc4cc5ccccc5cc4cc3cc2C1[Si](C)(C)C. The third kappa shape index (κ3) is 3.27. The van der Waals surface area contributed by atoms with E-state index in [9.17, 15) is 0 Å². The minimum atomic E-state index is -1.37. The second-order valence-electron chi connectivity index (χ2n) is 11.3. The largest absolute Gasteiger partial charge is 0.0832 e. The average molecular weight is 425 g/mol. The summed E-state index contributed by atoms with van der Waals surface area (Å²) >= 11 is 0. The molecule has 0 fully saturated rings. The van der Waals surface area contributed by atoms with Crippen molar-refractivity contribution in [2.45, 2.75) is 50.4 Å². The molecule has 0 bridgehead atoms. The minimum absolute atomic E-state index is 0.709. The van der Waals surface area contributed by atoms with Crippen LogP contribution in [0.15, 0.2) is 66.7 Å². The van der Waals surface area contributed by atoms with Crippen molar-refractivity contribution < 1.29 is 0 Å². The molecule has 0 heterocycles. The van der Waals surface area contributed by atoms with Crippen LogP contribution in [-0.4, -0.2) is 16.1 Å². The van der Waals surface area contributed by atoms with Crippen LogP contribution < -0.4 is 0 Å². The zero-order chi connectivity index (χ0) is 21.3. The van der Waals surface area contributed by atoms with E-state index in [1.807, 2.05) is 0 Å². The number of benzene rings is 4. The van der Waals surface area contributed by atoms with Crippen LogP contribution in [-0.2, 0) is 0 Å². The number of fused-ring (bicyclic) bond motifs is 4. The zero-order valence-corrected chi connectivity index (χ0v) is 21.1. The van der Waals surface area contributed by atoms with E-state index in [2.05, 4.69) is 112 Å². The van der Waals surface area contributed by atoms with Crippen molar-refractivity contribution in [2.24, 2.45) is 0 Å². The van der Waals surface area contributed by atoms with Crippen molar-refractivity contribution >= 4 is 54.5 Å². The number of rotatable bonds is 2. The lowest BCUT2D eigenvalue weighted by atomic mass is 9.91. The lowest BCUT2D eigenvalue weighted by Crippen LogP contribution is -2.43. The molecular formula is C28H32Si2. The first-order valence-electron chi connectivity index (χ1n) is 11.2. The zero-order valence-electron chi connectivity index (χ0n) is 19.1. The van der Waals surface area contributed by atoms with Gasteiger partial charge in [0.2, 0.25) is 0 Å². The van der Waals surface area contributed by atoms with Crippen molar-refractivity contribution in [3.63, 3.8) is 0 Å². The predicted molar refractivity (Wildman–Crippen MR) is 141 cm³/mol. The topological polar surface area (TPSA) is 0 Å². The smallest absolute Gasteiger partial charge is 0.0525 e. The molecule has 4 aromatic carbocycles. The molecule has 2 atom stereocenters. The number of allylic oxidation sites excluding steroid dienone is 1. The summed E-state index contributed by atoms with van der Waals surface area (Å²) in [5.41, 5.74) is 4.50. The van der Waals surface area contributed by atoms with Crippen LogP contribution in [0.2, 0.25) is 44.8 Å². The van der Waals surface area contributed by atoms with Gasteiger partial charge >= 0.3 is 0 Å². The molecule has 30 heavy (non-hydrogen) atoms. The van der Waals surface area contributed by atoms with Crippen LogP contribution in [0.3, 0.4) is 0 Å². The molecular weight excluding hydrogens is 392 g/mol. The van der Waals surface area contributed by atoms with Gasteiger partial charge in [-0.3, -0.25) is 0 Å². The van der Waals surface area contributed by atoms with Crippen LogP contribution in [0.1, 0.15) is 16.7 Å². The van der Waals surface area contributed by atoms with Gasteiger partial charge < -0.3 is 0 Å². The maximum atomic E-state index is 2.57. The lowest BCUT2D eigenvalue weighted by Gasteiger charge is -2.43. The Balaban J connectivity index is 1.76. The summed E-state index contributed by atoms with van der Waals surface area (Å²) < 4.78 is 0. The van der Waals surface area contributed by atoms with Crippen molar-refractivity contribution in [1.29, 1.82) is 0 Å². The minimum Gasteiger partial charge on any atom is -0.0832 e. The average Bonchev–Trinajstić information content (AvgIpc) is 2.66. The lowest BCUT2D eigenvalue weighted by molar-refractivity contribution is 0.862. The van der Waals surface area contributed by atoms with Crippen LogP contribution in [0, 0.1) is 0 Å².